The molecule has 0 saturated carbocycles. The van der Waals surface area contributed by atoms with Crippen molar-refractivity contribution in [1.29, 1.82) is 0 Å². The quantitative estimate of drug-likeness (QED) is 0.586. The molecule has 0 aliphatic rings. The molecule has 0 saturated heterocycles. The fourth-order valence-electron chi connectivity index (χ4n) is 1.98. The Morgan fingerprint density at radius 2 is 1.81 bits per heavy atom. The number of carbonyl (C=O) groups is 1. The van der Waals surface area contributed by atoms with Gasteiger partial charge in [-0.15, -0.1) is 0 Å². The fraction of sp³-hybridized carbons (Fsp3) is 0.188. The number of halogens is 1. The van der Waals surface area contributed by atoms with Crippen LogP contribution in [0.15, 0.2) is 48.5 Å². The Bertz CT molecular complexity index is 645. The average Bonchev–Trinajstić information content (AvgIpc) is 2.50. The van der Waals surface area contributed by atoms with Crippen molar-refractivity contribution in [2.45, 2.75) is 12.5 Å². The van der Waals surface area contributed by atoms with E-state index in [1.165, 1.54) is 18.2 Å². The molecule has 2 aromatic carbocycles. The van der Waals surface area contributed by atoms with Crippen molar-refractivity contribution in [3.63, 3.8) is 0 Å². The molecule has 0 spiro atoms. The first kappa shape index (κ1) is 15.4. The highest BCUT2D eigenvalue weighted by atomic mass is 79.9. The molecule has 0 radical (unpaired) electrons. The van der Waals surface area contributed by atoms with Crippen molar-refractivity contribution >= 4 is 21.8 Å². The molecule has 0 fully saturated rings. The Labute approximate surface area is 131 Å². The van der Waals surface area contributed by atoms with Gasteiger partial charge in [0.2, 0.25) is 0 Å². The van der Waals surface area contributed by atoms with Gasteiger partial charge >= 0.3 is 0 Å². The minimum Gasteiger partial charge on any atom is -0.504 e. The third-order valence-electron chi connectivity index (χ3n) is 3.31. The molecule has 1 amide bonds. The number of hydrogen-bond donors (Lipinski definition) is 3. The summed E-state index contributed by atoms with van der Waals surface area (Å²) < 4.78 is 0. The summed E-state index contributed by atoms with van der Waals surface area (Å²) >= 11 is 3.43. The monoisotopic (exact) mass is 349 g/mol. The number of nitrogens with one attached hydrogen (secondary N) is 1. The van der Waals surface area contributed by atoms with Crippen molar-refractivity contribution in [1.82, 2.24) is 5.32 Å². The highest BCUT2D eigenvalue weighted by molar-refractivity contribution is 9.09. The summed E-state index contributed by atoms with van der Waals surface area (Å²) in [6.45, 7) is 1.91. The number of benzene rings is 2. The smallest absolute Gasteiger partial charge is 0.252 e. The Morgan fingerprint density at radius 1 is 1.14 bits per heavy atom. The van der Waals surface area contributed by atoms with Gasteiger partial charge in [0.1, 0.15) is 0 Å². The number of phenolic OH excluding ortho intramolecular Hbond substituents is 2. The van der Waals surface area contributed by atoms with E-state index in [-0.39, 0.29) is 23.0 Å². The van der Waals surface area contributed by atoms with Crippen LogP contribution in [0.1, 0.15) is 22.8 Å². The molecule has 0 aliphatic carbocycles. The van der Waals surface area contributed by atoms with E-state index in [1.54, 1.807) is 0 Å². The minimum atomic E-state index is -0.578. The van der Waals surface area contributed by atoms with E-state index in [0.29, 0.717) is 5.33 Å². The van der Waals surface area contributed by atoms with Gasteiger partial charge in [-0.1, -0.05) is 46.3 Å². The van der Waals surface area contributed by atoms with Crippen molar-refractivity contribution in [3.8, 4) is 11.5 Å². The van der Waals surface area contributed by atoms with E-state index in [9.17, 15) is 15.0 Å². The molecule has 0 aliphatic heterocycles. The second-order valence-electron chi connectivity index (χ2n) is 4.99. The van der Waals surface area contributed by atoms with Crippen molar-refractivity contribution in [3.05, 3.63) is 59.7 Å². The molecule has 0 bridgehead atoms. The summed E-state index contributed by atoms with van der Waals surface area (Å²) in [5.41, 5.74) is 0.679. The fourth-order valence-corrected chi connectivity index (χ4v) is 2.44. The zero-order chi connectivity index (χ0) is 15.5. The average molecular weight is 350 g/mol. The number of aromatic hydroxyl groups is 2. The predicted molar refractivity (Wildman–Crippen MR) is 84.8 cm³/mol. The Hall–Kier alpha value is -2.01. The van der Waals surface area contributed by atoms with Crippen LogP contribution in [0, 0.1) is 0 Å². The second-order valence-corrected chi connectivity index (χ2v) is 5.55. The predicted octanol–water partition coefficient (Wildman–Crippen LogP) is 3.14. The summed E-state index contributed by atoms with van der Waals surface area (Å²) in [5, 5.41) is 22.3. The van der Waals surface area contributed by atoms with E-state index >= 15 is 0 Å². The van der Waals surface area contributed by atoms with Crippen LogP contribution in [0.3, 0.4) is 0 Å². The van der Waals surface area contributed by atoms with Gasteiger partial charge in [0.15, 0.2) is 11.5 Å². The second kappa shape index (κ2) is 6.18. The maximum atomic E-state index is 12.3. The lowest BCUT2D eigenvalue weighted by Crippen LogP contribution is -2.44. The molecule has 5 heteroatoms. The van der Waals surface area contributed by atoms with E-state index in [1.807, 2.05) is 37.3 Å². The molecule has 1 atom stereocenters. The Morgan fingerprint density at radius 3 is 2.38 bits per heavy atom. The third kappa shape index (κ3) is 3.36. The van der Waals surface area contributed by atoms with Gasteiger partial charge in [-0.25, -0.2) is 0 Å². The number of rotatable bonds is 4. The summed E-state index contributed by atoms with van der Waals surface area (Å²) in [6, 6.07) is 13.6. The normalized spacial score (nSPS) is 13.4. The van der Waals surface area contributed by atoms with Crippen molar-refractivity contribution in [2.75, 3.05) is 5.33 Å². The first-order chi connectivity index (χ1) is 9.96. The molecular weight excluding hydrogens is 334 g/mol. The van der Waals surface area contributed by atoms with Gasteiger partial charge in [0, 0.05) is 10.9 Å². The largest absolute Gasteiger partial charge is 0.504 e. The lowest BCUT2D eigenvalue weighted by atomic mass is 9.94. The summed E-state index contributed by atoms with van der Waals surface area (Å²) in [4.78, 5) is 12.3. The van der Waals surface area contributed by atoms with Crippen LogP contribution in [-0.2, 0) is 5.54 Å². The van der Waals surface area contributed by atoms with Crippen LogP contribution in [0.2, 0.25) is 0 Å². The van der Waals surface area contributed by atoms with Crippen LogP contribution in [-0.4, -0.2) is 21.5 Å². The molecule has 3 N–H and O–H groups in total. The molecule has 1 unspecified atom stereocenters. The zero-order valence-electron chi connectivity index (χ0n) is 11.5. The van der Waals surface area contributed by atoms with Gasteiger partial charge in [-0.2, -0.15) is 0 Å². The summed E-state index contributed by atoms with van der Waals surface area (Å²) in [6.07, 6.45) is 0. The maximum Gasteiger partial charge on any atom is 0.252 e. The molecule has 4 nitrogen and oxygen atoms in total. The molecule has 110 valence electrons. The summed E-state index contributed by atoms with van der Waals surface area (Å²) in [5.74, 6) is -0.892. The number of phenols is 2. The first-order valence-electron chi connectivity index (χ1n) is 6.42. The molecule has 2 rings (SSSR count). The maximum absolute atomic E-state index is 12.3. The van der Waals surface area contributed by atoms with Crippen LogP contribution in [0.25, 0.3) is 0 Å². The van der Waals surface area contributed by atoms with E-state index in [0.717, 1.165) is 5.56 Å². The number of alkyl halides is 1. The topological polar surface area (TPSA) is 69.6 Å². The highest BCUT2D eigenvalue weighted by Gasteiger charge is 2.27. The van der Waals surface area contributed by atoms with E-state index in [4.69, 9.17) is 0 Å². The first-order valence-corrected chi connectivity index (χ1v) is 7.54. The molecule has 2 aromatic rings. The van der Waals surface area contributed by atoms with Gasteiger partial charge in [-0.3, -0.25) is 4.79 Å². The van der Waals surface area contributed by atoms with E-state index < -0.39 is 5.54 Å². The minimum absolute atomic E-state index is 0.252. The third-order valence-corrected chi connectivity index (χ3v) is 4.43. The lowest BCUT2D eigenvalue weighted by Gasteiger charge is -2.29. The highest BCUT2D eigenvalue weighted by Crippen LogP contribution is 2.27. The molecule has 21 heavy (non-hydrogen) atoms. The van der Waals surface area contributed by atoms with E-state index in [2.05, 4.69) is 21.2 Å². The number of carbonyl (C=O) groups excluding carboxylic acids is 1. The molecular formula is C16H16BrNO3. The molecule has 0 aromatic heterocycles. The summed E-state index contributed by atoms with van der Waals surface area (Å²) in [7, 11) is 0. The van der Waals surface area contributed by atoms with Gasteiger partial charge < -0.3 is 15.5 Å². The van der Waals surface area contributed by atoms with Crippen molar-refractivity contribution < 1.29 is 15.0 Å². The number of hydrogen-bond acceptors (Lipinski definition) is 3. The molecule has 0 heterocycles. The Kier molecular flexibility index (Phi) is 4.53. The van der Waals surface area contributed by atoms with Gasteiger partial charge in [0.05, 0.1) is 5.54 Å². The zero-order valence-corrected chi connectivity index (χ0v) is 13.1. The Balaban J connectivity index is 2.26. The van der Waals surface area contributed by atoms with Crippen LogP contribution < -0.4 is 5.32 Å². The standard InChI is InChI=1S/C16H16BrNO3/c1-16(10-17,12-5-3-2-4-6-12)18-15(21)11-7-8-13(19)14(20)9-11/h2-9,19-20H,10H2,1H3,(H,18,21). The van der Waals surface area contributed by atoms with Crippen LogP contribution >= 0.6 is 15.9 Å². The van der Waals surface area contributed by atoms with Gasteiger partial charge in [0.25, 0.3) is 5.91 Å². The lowest BCUT2D eigenvalue weighted by molar-refractivity contribution is 0.0913. The van der Waals surface area contributed by atoms with Gasteiger partial charge in [-0.05, 0) is 30.7 Å². The van der Waals surface area contributed by atoms with Crippen molar-refractivity contribution in [2.24, 2.45) is 0 Å². The van der Waals surface area contributed by atoms with Crippen LogP contribution in [0.4, 0.5) is 0 Å². The van der Waals surface area contributed by atoms with Crippen LogP contribution in [0.5, 0.6) is 11.5 Å². The SMILES string of the molecule is CC(CBr)(NC(=O)c1ccc(O)c(O)c1)c1ccccc1. The number of amides is 1.